The van der Waals surface area contributed by atoms with Crippen molar-refractivity contribution in [1.82, 2.24) is 20.2 Å². The van der Waals surface area contributed by atoms with E-state index >= 15 is 0 Å². The number of nitrogens with one attached hydrogen (secondary N) is 2. The van der Waals surface area contributed by atoms with Gasteiger partial charge in [-0.2, -0.15) is 0 Å². The molecule has 134 valence electrons. The first kappa shape index (κ1) is 17.7. The molecule has 5 nitrogen and oxygen atoms in total. The van der Waals surface area contributed by atoms with Crippen LogP contribution in [0.4, 0.5) is 4.39 Å². The second-order valence-corrected chi connectivity index (χ2v) is 5.96. The molecule has 3 rings (SSSR count). The summed E-state index contributed by atoms with van der Waals surface area (Å²) in [7, 11) is 1.73. The number of halogens is 1. The van der Waals surface area contributed by atoms with Crippen molar-refractivity contribution in [2.75, 3.05) is 7.05 Å². The molecule has 0 saturated carbocycles. The molecule has 1 heterocycles. The van der Waals surface area contributed by atoms with Crippen LogP contribution in [0.1, 0.15) is 16.7 Å². The van der Waals surface area contributed by atoms with Crippen LogP contribution in [-0.2, 0) is 19.6 Å². The highest BCUT2D eigenvalue weighted by molar-refractivity contribution is 5.79. The fourth-order valence-corrected chi connectivity index (χ4v) is 2.55. The van der Waals surface area contributed by atoms with Crippen molar-refractivity contribution in [3.05, 3.63) is 89.8 Å². The normalized spacial score (nSPS) is 11.4. The number of rotatable bonds is 6. The van der Waals surface area contributed by atoms with Gasteiger partial charge in [-0.1, -0.05) is 36.4 Å². The zero-order valence-corrected chi connectivity index (χ0v) is 14.7. The van der Waals surface area contributed by atoms with Crippen molar-refractivity contribution in [3.63, 3.8) is 0 Å². The van der Waals surface area contributed by atoms with Gasteiger partial charge in [0.15, 0.2) is 5.96 Å². The minimum absolute atomic E-state index is 0.229. The number of guanidine groups is 1. The van der Waals surface area contributed by atoms with Crippen LogP contribution in [0, 0.1) is 5.82 Å². The summed E-state index contributed by atoms with van der Waals surface area (Å²) >= 11 is 0. The molecule has 2 N–H and O–H groups in total. The fraction of sp³-hybridized carbons (Fsp3) is 0.200. The van der Waals surface area contributed by atoms with Gasteiger partial charge in [-0.05, 0) is 28.8 Å². The topological polar surface area (TPSA) is 54.2 Å². The first-order chi connectivity index (χ1) is 12.7. The highest BCUT2D eigenvalue weighted by Crippen LogP contribution is 2.06. The van der Waals surface area contributed by atoms with Gasteiger partial charge in [0.05, 0.1) is 6.33 Å². The molecule has 0 amide bonds. The maximum Gasteiger partial charge on any atom is 0.191 e. The summed E-state index contributed by atoms with van der Waals surface area (Å²) < 4.78 is 15.0. The van der Waals surface area contributed by atoms with Gasteiger partial charge in [0.2, 0.25) is 0 Å². The Morgan fingerprint density at radius 3 is 2.08 bits per heavy atom. The van der Waals surface area contributed by atoms with Crippen LogP contribution in [0.15, 0.2) is 72.2 Å². The fourth-order valence-electron chi connectivity index (χ4n) is 2.55. The third-order valence-corrected chi connectivity index (χ3v) is 4.00. The molecule has 1 aromatic heterocycles. The molecule has 3 aromatic rings. The molecular formula is C20H22FN5. The van der Waals surface area contributed by atoms with Gasteiger partial charge in [0.1, 0.15) is 5.82 Å². The van der Waals surface area contributed by atoms with Crippen molar-refractivity contribution in [2.24, 2.45) is 4.99 Å². The van der Waals surface area contributed by atoms with E-state index in [1.807, 2.05) is 17.1 Å². The van der Waals surface area contributed by atoms with Crippen molar-refractivity contribution >= 4 is 5.96 Å². The maximum atomic E-state index is 12.9. The van der Waals surface area contributed by atoms with Crippen molar-refractivity contribution in [3.8, 4) is 0 Å². The summed E-state index contributed by atoms with van der Waals surface area (Å²) in [6, 6.07) is 14.9. The molecular weight excluding hydrogens is 329 g/mol. The lowest BCUT2D eigenvalue weighted by molar-refractivity contribution is 0.626. The Bertz CT molecular complexity index is 824. The lowest BCUT2D eigenvalue weighted by Crippen LogP contribution is -2.36. The van der Waals surface area contributed by atoms with Crippen LogP contribution in [0.25, 0.3) is 0 Å². The highest BCUT2D eigenvalue weighted by atomic mass is 19.1. The molecule has 0 aliphatic rings. The van der Waals surface area contributed by atoms with Crippen molar-refractivity contribution in [2.45, 2.75) is 19.6 Å². The predicted octanol–water partition coefficient (Wildman–Crippen LogP) is 2.94. The van der Waals surface area contributed by atoms with Crippen LogP contribution in [0.5, 0.6) is 0 Å². The molecule has 0 aliphatic carbocycles. The summed E-state index contributed by atoms with van der Waals surface area (Å²) in [5.41, 5.74) is 3.40. The molecule has 0 saturated heterocycles. The first-order valence-electron chi connectivity index (χ1n) is 8.45. The molecule has 0 fully saturated rings. The van der Waals surface area contributed by atoms with E-state index in [2.05, 4.69) is 44.9 Å². The molecule has 26 heavy (non-hydrogen) atoms. The van der Waals surface area contributed by atoms with Gasteiger partial charge in [-0.15, -0.1) is 0 Å². The number of aliphatic imine (C=N–C) groups is 1. The Morgan fingerprint density at radius 2 is 1.54 bits per heavy atom. The lowest BCUT2D eigenvalue weighted by Gasteiger charge is -2.12. The Kier molecular flexibility index (Phi) is 5.98. The van der Waals surface area contributed by atoms with E-state index in [0.717, 1.165) is 12.1 Å². The average Bonchev–Trinajstić information content (AvgIpc) is 3.17. The number of hydrogen-bond donors (Lipinski definition) is 2. The number of benzene rings is 2. The molecule has 0 atom stereocenters. The molecule has 0 bridgehead atoms. The molecule has 2 aromatic carbocycles. The van der Waals surface area contributed by atoms with Gasteiger partial charge < -0.3 is 15.2 Å². The highest BCUT2D eigenvalue weighted by Gasteiger charge is 2.01. The van der Waals surface area contributed by atoms with E-state index < -0.39 is 0 Å². The Labute approximate surface area is 152 Å². The zero-order valence-electron chi connectivity index (χ0n) is 14.7. The summed E-state index contributed by atoms with van der Waals surface area (Å²) in [6.45, 7) is 2.08. The third kappa shape index (κ3) is 5.17. The van der Waals surface area contributed by atoms with E-state index in [1.54, 1.807) is 25.4 Å². The maximum absolute atomic E-state index is 12.9. The predicted molar refractivity (Wildman–Crippen MR) is 101 cm³/mol. The summed E-state index contributed by atoms with van der Waals surface area (Å²) in [5.74, 6) is 0.476. The molecule has 6 heteroatoms. The van der Waals surface area contributed by atoms with Gasteiger partial charge in [-0.25, -0.2) is 9.37 Å². The largest absolute Gasteiger partial charge is 0.352 e. The third-order valence-electron chi connectivity index (χ3n) is 4.00. The molecule has 0 radical (unpaired) electrons. The van der Waals surface area contributed by atoms with Gasteiger partial charge in [0, 0.05) is 39.1 Å². The van der Waals surface area contributed by atoms with Crippen LogP contribution in [0.2, 0.25) is 0 Å². The molecule has 0 spiro atoms. The summed E-state index contributed by atoms with van der Waals surface area (Å²) in [5, 5.41) is 6.50. The quantitative estimate of drug-likeness (QED) is 0.530. The second-order valence-electron chi connectivity index (χ2n) is 5.96. The van der Waals surface area contributed by atoms with Crippen LogP contribution >= 0.6 is 0 Å². The van der Waals surface area contributed by atoms with Crippen molar-refractivity contribution < 1.29 is 4.39 Å². The second kappa shape index (κ2) is 8.80. The zero-order chi connectivity index (χ0) is 18.2. The van der Waals surface area contributed by atoms with E-state index in [9.17, 15) is 4.39 Å². The van der Waals surface area contributed by atoms with Crippen LogP contribution in [-0.4, -0.2) is 22.6 Å². The lowest BCUT2D eigenvalue weighted by atomic mass is 10.1. The minimum Gasteiger partial charge on any atom is -0.352 e. The monoisotopic (exact) mass is 351 g/mol. The molecule has 0 aliphatic heterocycles. The number of aromatic nitrogens is 2. The summed E-state index contributed by atoms with van der Waals surface area (Å²) in [6.07, 6.45) is 5.54. The van der Waals surface area contributed by atoms with Crippen molar-refractivity contribution in [1.29, 1.82) is 0 Å². The number of nitrogens with zero attached hydrogens (tertiary/aromatic N) is 3. The minimum atomic E-state index is -0.229. The van der Waals surface area contributed by atoms with E-state index in [1.165, 1.54) is 23.3 Å². The SMILES string of the molecule is CN=C(NCc1ccc(F)cc1)NCc1ccc(Cn2ccnc2)cc1. The number of hydrogen-bond acceptors (Lipinski definition) is 2. The Balaban J connectivity index is 1.48. The summed E-state index contributed by atoms with van der Waals surface area (Å²) in [4.78, 5) is 8.27. The smallest absolute Gasteiger partial charge is 0.191 e. The van der Waals surface area contributed by atoms with E-state index in [-0.39, 0.29) is 5.82 Å². The first-order valence-corrected chi connectivity index (χ1v) is 8.45. The molecule has 0 unspecified atom stereocenters. The number of imidazole rings is 1. The Hall–Kier alpha value is -3.15. The van der Waals surface area contributed by atoms with Gasteiger partial charge >= 0.3 is 0 Å². The average molecular weight is 351 g/mol. The Morgan fingerprint density at radius 1 is 0.962 bits per heavy atom. The van der Waals surface area contributed by atoms with Gasteiger partial charge in [0.25, 0.3) is 0 Å². The van der Waals surface area contributed by atoms with Gasteiger partial charge in [-0.3, -0.25) is 4.99 Å². The standard InChI is InChI=1S/C20H22FN5/c1-22-20(25-13-17-6-8-19(21)9-7-17)24-12-16-2-4-18(5-3-16)14-26-11-10-23-15-26/h2-11,15H,12-14H2,1H3,(H2,22,24,25). The van der Waals surface area contributed by atoms with E-state index in [0.29, 0.717) is 19.0 Å². The van der Waals surface area contributed by atoms with E-state index in [4.69, 9.17) is 0 Å². The van der Waals surface area contributed by atoms with Crippen LogP contribution < -0.4 is 10.6 Å². The van der Waals surface area contributed by atoms with Crippen LogP contribution in [0.3, 0.4) is 0 Å².